The Labute approximate surface area is 174 Å². The van der Waals surface area contributed by atoms with Gasteiger partial charge in [-0.2, -0.15) is 0 Å². The van der Waals surface area contributed by atoms with Crippen molar-refractivity contribution in [2.75, 3.05) is 13.2 Å². The number of amides is 1. The minimum atomic E-state index is -0.178. The van der Waals surface area contributed by atoms with Crippen LogP contribution >= 0.6 is 11.3 Å². The molecular formula is C20H32BN4O2S. The van der Waals surface area contributed by atoms with Crippen LogP contribution in [0.15, 0.2) is 16.6 Å². The lowest BCUT2D eigenvalue weighted by atomic mass is 9.77. The van der Waals surface area contributed by atoms with Crippen LogP contribution in [0.2, 0.25) is 0 Å². The Kier molecular flexibility index (Phi) is 13.8. The zero-order chi connectivity index (χ0) is 21.5. The van der Waals surface area contributed by atoms with E-state index < -0.39 is 0 Å². The fourth-order valence-electron chi connectivity index (χ4n) is 2.36. The monoisotopic (exact) mass is 403 g/mol. The molecule has 0 fully saturated rings. The van der Waals surface area contributed by atoms with Crippen LogP contribution in [0.3, 0.4) is 0 Å². The Hall–Kier alpha value is -2.11. The Morgan fingerprint density at radius 1 is 1.39 bits per heavy atom. The van der Waals surface area contributed by atoms with Crippen LogP contribution in [0.1, 0.15) is 64.1 Å². The molecule has 153 valence electrons. The molecule has 2 N–H and O–H groups in total. The number of aliphatic imine (C=N–C) groups is 1. The van der Waals surface area contributed by atoms with E-state index >= 15 is 0 Å². The van der Waals surface area contributed by atoms with E-state index in [0.717, 1.165) is 21.9 Å². The number of hydrogen-bond donors (Lipinski definition) is 1. The molecule has 0 bridgehead atoms. The second-order valence-corrected chi connectivity index (χ2v) is 6.44. The summed E-state index contributed by atoms with van der Waals surface area (Å²) in [4.78, 5) is 24.5. The average molecular weight is 403 g/mol. The molecule has 6 nitrogen and oxygen atoms in total. The third-order valence-corrected chi connectivity index (χ3v) is 4.43. The standard InChI is InChI=1S/C16H20BN4O2S.2C2H6/c1-3-5-21(23-4-2)16(22)11-6-14-13(20-15(19)7-11)8-12(24-14)9-17-10-18;2*1-2/h6,8H,3-5,7,9H2,1-2H3,(H2,19,20);2*1-2H3. The maximum Gasteiger partial charge on any atom is 0.273 e. The van der Waals surface area contributed by atoms with Gasteiger partial charge in [-0.1, -0.05) is 34.6 Å². The molecule has 8 heteroatoms. The highest BCUT2D eigenvalue weighted by atomic mass is 32.1. The van der Waals surface area contributed by atoms with Gasteiger partial charge in [0.2, 0.25) is 0 Å². The van der Waals surface area contributed by atoms with E-state index in [1.807, 2.05) is 59.7 Å². The minimum absolute atomic E-state index is 0.178. The van der Waals surface area contributed by atoms with Crippen LogP contribution in [0.5, 0.6) is 0 Å². The molecule has 0 aliphatic carbocycles. The largest absolute Gasteiger partial charge is 0.387 e. The highest BCUT2D eigenvalue weighted by molar-refractivity contribution is 7.13. The van der Waals surface area contributed by atoms with Crippen molar-refractivity contribution in [3.8, 4) is 5.97 Å². The molecule has 0 saturated heterocycles. The van der Waals surface area contributed by atoms with Crippen molar-refractivity contribution in [3.05, 3.63) is 21.4 Å². The summed E-state index contributed by atoms with van der Waals surface area (Å²) < 4.78 is 0. The van der Waals surface area contributed by atoms with Gasteiger partial charge in [-0.05, 0) is 37.8 Å². The molecular weight excluding hydrogens is 371 g/mol. The number of nitrogens with two attached hydrogens (primary N) is 1. The molecule has 0 aromatic carbocycles. The first-order chi connectivity index (χ1) is 13.6. The number of amidine groups is 1. The number of rotatable bonds is 7. The zero-order valence-electron chi connectivity index (χ0n) is 17.9. The van der Waals surface area contributed by atoms with Crippen molar-refractivity contribution in [1.29, 1.82) is 5.26 Å². The maximum atomic E-state index is 12.7. The molecule has 0 atom stereocenters. The summed E-state index contributed by atoms with van der Waals surface area (Å²) in [7, 11) is 1.53. The number of fused-ring (bicyclic) bond motifs is 1. The van der Waals surface area contributed by atoms with E-state index in [1.54, 1.807) is 0 Å². The molecule has 1 radical (unpaired) electrons. The Bertz CT molecular complexity index is 702. The van der Waals surface area contributed by atoms with Gasteiger partial charge in [0, 0.05) is 23.4 Å². The van der Waals surface area contributed by atoms with Gasteiger partial charge in [-0.25, -0.2) is 15.3 Å². The van der Waals surface area contributed by atoms with Crippen molar-refractivity contribution < 1.29 is 9.63 Å². The van der Waals surface area contributed by atoms with Crippen molar-refractivity contribution >= 4 is 42.1 Å². The van der Waals surface area contributed by atoms with Crippen LogP contribution in [-0.4, -0.2) is 37.2 Å². The Morgan fingerprint density at radius 2 is 2.07 bits per heavy atom. The van der Waals surface area contributed by atoms with Crippen LogP contribution in [-0.2, 0) is 16.0 Å². The molecule has 1 aliphatic heterocycles. The molecule has 28 heavy (non-hydrogen) atoms. The maximum absolute atomic E-state index is 12.7. The van der Waals surface area contributed by atoms with E-state index in [1.165, 1.54) is 23.7 Å². The highest BCUT2D eigenvalue weighted by Gasteiger charge is 2.22. The normalized spacial score (nSPS) is 11.8. The van der Waals surface area contributed by atoms with Gasteiger partial charge in [-0.3, -0.25) is 9.63 Å². The van der Waals surface area contributed by atoms with Gasteiger partial charge in [0.25, 0.3) is 13.2 Å². The topological polar surface area (TPSA) is 91.7 Å². The quantitative estimate of drug-likeness (QED) is 0.538. The number of nitrogens with zero attached hydrogens (tertiary/aromatic N) is 3. The minimum Gasteiger partial charge on any atom is -0.387 e. The molecule has 2 rings (SSSR count). The van der Waals surface area contributed by atoms with Crippen molar-refractivity contribution in [1.82, 2.24) is 5.06 Å². The van der Waals surface area contributed by atoms with Crippen LogP contribution in [0, 0.1) is 11.2 Å². The summed E-state index contributed by atoms with van der Waals surface area (Å²) in [5, 5.41) is 10.1. The number of hydroxylamine groups is 2. The Morgan fingerprint density at radius 3 is 2.64 bits per heavy atom. The zero-order valence-corrected chi connectivity index (χ0v) is 18.7. The fraction of sp³-hybridized carbons (Fsp3) is 0.550. The second kappa shape index (κ2) is 14.9. The van der Waals surface area contributed by atoms with Gasteiger partial charge < -0.3 is 5.73 Å². The van der Waals surface area contributed by atoms with Gasteiger partial charge >= 0.3 is 0 Å². The first-order valence-corrected chi connectivity index (χ1v) is 10.7. The molecule has 0 saturated carbocycles. The van der Waals surface area contributed by atoms with Crippen molar-refractivity contribution in [2.24, 2.45) is 10.7 Å². The number of carbonyl (C=O) groups is 1. The highest BCUT2D eigenvalue weighted by Crippen LogP contribution is 2.34. The summed E-state index contributed by atoms with van der Waals surface area (Å²) in [6.45, 7) is 12.8. The lowest BCUT2D eigenvalue weighted by Crippen LogP contribution is -2.34. The van der Waals surface area contributed by atoms with E-state index in [4.69, 9.17) is 15.8 Å². The molecule has 0 spiro atoms. The predicted molar refractivity (Wildman–Crippen MR) is 120 cm³/mol. The third kappa shape index (κ3) is 7.87. The van der Waals surface area contributed by atoms with E-state index in [2.05, 4.69) is 4.99 Å². The number of hydrogen-bond acceptors (Lipinski definition) is 6. The summed E-state index contributed by atoms with van der Waals surface area (Å²) in [5.74, 6) is 2.24. The number of carbonyl (C=O) groups excluding carboxylic acids is 1. The van der Waals surface area contributed by atoms with E-state index in [-0.39, 0.29) is 5.91 Å². The predicted octanol–water partition coefficient (Wildman–Crippen LogP) is 4.45. The number of nitriles is 1. The summed E-state index contributed by atoms with van der Waals surface area (Å²) >= 11 is 1.52. The fourth-order valence-corrected chi connectivity index (χ4v) is 3.39. The lowest BCUT2D eigenvalue weighted by Gasteiger charge is -2.21. The average Bonchev–Trinajstić information content (AvgIpc) is 3.01. The molecule has 2 heterocycles. The first-order valence-electron chi connectivity index (χ1n) is 9.91. The van der Waals surface area contributed by atoms with E-state index in [9.17, 15) is 4.79 Å². The van der Waals surface area contributed by atoms with Crippen molar-refractivity contribution in [3.63, 3.8) is 0 Å². The molecule has 1 amide bonds. The molecule has 1 aliphatic rings. The summed E-state index contributed by atoms with van der Waals surface area (Å²) in [5.41, 5.74) is 7.29. The summed E-state index contributed by atoms with van der Waals surface area (Å²) in [6.07, 6.45) is 3.50. The van der Waals surface area contributed by atoms with Gasteiger partial charge in [0.1, 0.15) is 5.84 Å². The molecule has 1 aromatic rings. The molecule has 0 unspecified atom stereocenters. The van der Waals surface area contributed by atoms with Crippen LogP contribution < -0.4 is 5.73 Å². The molecule has 1 aromatic heterocycles. The third-order valence-electron chi connectivity index (χ3n) is 3.34. The van der Waals surface area contributed by atoms with E-state index in [0.29, 0.717) is 37.3 Å². The van der Waals surface area contributed by atoms with Gasteiger partial charge in [0.05, 0.1) is 17.2 Å². The smallest absolute Gasteiger partial charge is 0.273 e. The van der Waals surface area contributed by atoms with Crippen LogP contribution in [0.4, 0.5) is 5.69 Å². The lowest BCUT2D eigenvalue weighted by molar-refractivity contribution is -0.180. The second-order valence-electron chi connectivity index (χ2n) is 5.27. The Balaban J connectivity index is 0.00000171. The van der Waals surface area contributed by atoms with Gasteiger partial charge in [0.15, 0.2) is 0 Å². The van der Waals surface area contributed by atoms with Gasteiger partial charge in [-0.15, -0.1) is 11.3 Å². The number of thiophene rings is 1. The van der Waals surface area contributed by atoms with Crippen LogP contribution in [0.25, 0.3) is 6.08 Å². The first kappa shape index (κ1) is 25.9. The van der Waals surface area contributed by atoms with Crippen molar-refractivity contribution in [2.45, 2.75) is 60.7 Å². The SMILES string of the molecule is CC.CC.CCCN(OCC)C(=O)C1=Cc2sc(C[B]C#N)cc2N=C(N)C1. The summed E-state index contributed by atoms with van der Waals surface area (Å²) in [6, 6.07) is 1.91.